The molecule has 2 nitrogen and oxygen atoms in total. The molecule has 142 valence electrons. The maximum Gasteiger partial charge on any atom is 0.245 e. The molecule has 0 fully saturated rings. The summed E-state index contributed by atoms with van der Waals surface area (Å²) in [7, 11) is 0. The Hall–Kier alpha value is -2.59. The zero-order chi connectivity index (χ0) is 19.5. The van der Waals surface area contributed by atoms with Crippen LogP contribution in [-0.4, -0.2) is 11.9 Å². The number of carbonyl (C=O) groups is 1. The normalized spacial score (nSPS) is 17.1. The predicted octanol–water partition coefficient (Wildman–Crippen LogP) is 6.03. The molecular formula is C24H22FNOS. The maximum atomic E-state index is 13.8. The first kappa shape index (κ1) is 18.8. The van der Waals surface area contributed by atoms with Crippen LogP contribution in [0.25, 0.3) is 0 Å². The number of hydrogen-bond donors (Lipinski definition) is 0. The van der Waals surface area contributed by atoms with Crippen LogP contribution in [-0.2, 0) is 11.2 Å². The first-order valence-electron chi connectivity index (χ1n) is 9.51. The van der Waals surface area contributed by atoms with Gasteiger partial charge in [0.25, 0.3) is 0 Å². The third-order valence-corrected chi connectivity index (χ3v) is 6.39. The molecule has 0 radical (unpaired) electrons. The molecule has 0 saturated heterocycles. The molecule has 1 aliphatic rings. The van der Waals surface area contributed by atoms with Crippen LogP contribution in [0.2, 0.25) is 0 Å². The molecule has 2 atom stereocenters. The second-order valence-electron chi connectivity index (χ2n) is 7.09. The zero-order valence-electron chi connectivity index (χ0n) is 15.7. The van der Waals surface area contributed by atoms with Crippen LogP contribution < -0.4 is 4.90 Å². The van der Waals surface area contributed by atoms with E-state index in [0.29, 0.717) is 0 Å². The Morgan fingerprint density at radius 2 is 1.71 bits per heavy atom. The molecule has 1 amide bonds. The molecule has 0 aromatic heterocycles. The summed E-state index contributed by atoms with van der Waals surface area (Å²) in [5.74, 6) is -0.209. The molecule has 1 heterocycles. The van der Waals surface area contributed by atoms with E-state index in [2.05, 4.69) is 6.92 Å². The average molecular weight is 392 g/mol. The molecule has 4 heteroatoms. The van der Waals surface area contributed by atoms with Crippen molar-refractivity contribution in [3.8, 4) is 0 Å². The fourth-order valence-electron chi connectivity index (χ4n) is 3.71. The van der Waals surface area contributed by atoms with Crippen LogP contribution in [0.3, 0.4) is 0 Å². The molecule has 0 unspecified atom stereocenters. The molecule has 0 saturated carbocycles. The van der Waals surface area contributed by atoms with Crippen molar-refractivity contribution in [3.63, 3.8) is 0 Å². The summed E-state index contributed by atoms with van der Waals surface area (Å²) < 4.78 is 13.7. The standard InChI is InChI=1S/C24H22FNOS/c1-17-12-13-19-16-20(25)14-15-22(19)26(17)24(27)23(18-8-4-2-5-9-18)28-21-10-6-3-7-11-21/h2-11,14-17,23H,12-13H2,1H3/t17-,23+/m1/s1. The van der Waals surface area contributed by atoms with Crippen LogP contribution in [0.5, 0.6) is 0 Å². The van der Waals surface area contributed by atoms with Gasteiger partial charge in [-0.15, -0.1) is 11.8 Å². The van der Waals surface area contributed by atoms with Crippen LogP contribution in [0.1, 0.15) is 29.7 Å². The van der Waals surface area contributed by atoms with E-state index in [1.165, 1.54) is 6.07 Å². The van der Waals surface area contributed by atoms with E-state index in [0.717, 1.165) is 34.6 Å². The number of nitrogens with zero attached hydrogens (tertiary/aromatic N) is 1. The van der Waals surface area contributed by atoms with Gasteiger partial charge < -0.3 is 4.90 Å². The summed E-state index contributed by atoms with van der Waals surface area (Å²) >= 11 is 1.56. The highest BCUT2D eigenvalue weighted by Gasteiger charge is 2.34. The van der Waals surface area contributed by atoms with Gasteiger partial charge in [0, 0.05) is 16.6 Å². The fraction of sp³-hybridized carbons (Fsp3) is 0.208. The lowest BCUT2D eigenvalue weighted by Crippen LogP contribution is -2.44. The smallest absolute Gasteiger partial charge is 0.245 e. The summed E-state index contributed by atoms with van der Waals surface area (Å²) in [5, 5.41) is -0.359. The number of carbonyl (C=O) groups excluding carboxylic acids is 1. The number of fused-ring (bicyclic) bond motifs is 1. The fourth-order valence-corrected chi connectivity index (χ4v) is 4.80. The van der Waals surface area contributed by atoms with Crippen molar-refractivity contribution in [2.24, 2.45) is 0 Å². The molecule has 3 aromatic carbocycles. The van der Waals surface area contributed by atoms with Gasteiger partial charge in [-0.05, 0) is 61.2 Å². The summed E-state index contributed by atoms with van der Waals surface area (Å²) in [5.41, 5.74) is 2.71. The maximum absolute atomic E-state index is 13.8. The molecule has 0 N–H and O–H groups in total. The monoisotopic (exact) mass is 391 g/mol. The number of amides is 1. The summed E-state index contributed by atoms with van der Waals surface area (Å²) in [4.78, 5) is 16.7. The molecule has 4 rings (SSSR count). The van der Waals surface area contributed by atoms with Gasteiger partial charge in [0.05, 0.1) is 0 Å². The highest BCUT2D eigenvalue weighted by molar-refractivity contribution is 8.00. The number of anilines is 1. The van der Waals surface area contributed by atoms with Gasteiger partial charge in [-0.3, -0.25) is 4.79 Å². The number of thioether (sulfide) groups is 1. The SMILES string of the molecule is C[C@@H]1CCc2cc(F)ccc2N1C(=O)[C@@H](Sc1ccccc1)c1ccccc1. The van der Waals surface area contributed by atoms with Crippen molar-refractivity contribution in [1.82, 2.24) is 0 Å². The van der Waals surface area contributed by atoms with Crippen LogP contribution in [0, 0.1) is 5.82 Å². The lowest BCUT2D eigenvalue weighted by Gasteiger charge is -2.37. The van der Waals surface area contributed by atoms with Crippen LogP contribution >= 0.6 is 11.8 Å². The number of hydrogen-bond acceptors (Lipinski definition) is 2. The molecule has 1 aliphatic heterocycles. The summed E-state index contributed by atoms with van der Waals surface area (Å²) in [6, 6.07) is 24.7. The molecular weight excluding hydrogens is 369 g/mol. The van der Waals surface area contributed by atoms with Crippen molar-refractivity contribution in [2.45, 2.75) is 36.0 Å². The predicted molar refractivity (Wildman–Crippen MR) is 113 cm³/mol. The number of benzene rings is 3. The second-order valence-corrected chi connectivity index (χ2v) is 8.27. The Morgan fingerprint density at radius 3 is 2.43 bits per heavy atom. The number of aryl methyl sites for hydroxylation is 1. The molecule has 0 spiro atoms. The Labute approximate surface area is 169 Å². The number of rotatable bonds is 4. The molecule has 3 aromatic rings. The molecule has 0 aliphatic carbocycles. The van der Waals surface area contributed by atoms with Crippen molar-refractivity contribution >= 4 is 23.4 Å². The van der Waals surface area contributed by atoms with E-state index >= 15 is 0 Å². The second kappa shape index (κ2) is 8.19. The Balaban J connectivity index is 1.73. The minimum Gasteiger partial charge on any atom is -0.308 e. The van der Waals surface area contributed by atoms with Gasteiger partial charge in [0.1, 0.15) is 11.1 Å². The van der Waals surface area contributed by atoms with Crippen LogP contribution in [0.4, 0.5) is 10.1 Å². The highest BCUT2D eigenvalue weighted by Crippen LogP contribution is 2.40. The molecule has 0 bridgehead atoms. The van der Waals surface area contributed by atoms with E-state index in [9.17, 15) is 9.18 Å². The lowest BCUT2D eigenvalue weighted by molar-refractivity contribution is -0.118. The van der Waals surface area contributed by atoms with Crippen molar-refractivity contribution in [1.29, 1.82) is 0 Å². The third-order valence-electron chi connectivity index (χ3n) is 5.13. The topological polar surface area (TPSA) is 20.3 Å². The van der Waals surface area contributed by atoms with E-state index in [1.807, 2.05) is 65.6 Å². The Kier molecular flexibility index (Phi) is 5.49. The van der Waals surface area contributed by atoms with Gasteiger partial charge in [-0.25, -0.2) is 4.39 Å². The highest BCUT2D eigenvalue weighted by atomic mass is 32.2. The van der Waals surface area contributed by atoms with Gasteiger partial charge in [-0.2, -0.15) is 0 Å². The van der Waals surface area contributed by atoms with Crippen LogP contribution in [0.15, 0.2) is 83.8 Å². The third kappa shape index (κ3) is 3.83. The van der Waals surface area contributed by atoms with Gasteiger partial charge >= 0.3 is 0 Å². The Bertz CT molecular complexity index is 961. The lowest BCUT2D eigenvalue weighted by atomic mass is 9.95. The zero-order valence-corrected chi connectivity index (χ0v) is 16.5. The average Bonchev–Trinajstić information content (AvgIpc) is 2.73. The first-order valence-corrected chi connectivity index (χ1v) is 10.4. The van der Waals surface area contributed by atoms with E-state index < -0.39 is 0 Å². The van der Waals surface area contributed by atoms with Gasteiger partial charge in [-0.1, -0.05) is 48.5 Å². The minimum atomic E-state index is -0.359. The van der Waals surface area contributed by atoms with Crippen molar-refractivity contribution < 1.29 is 9.18 Å². The Morgan fingerprint density at radius 1 is 1.04 bits per heavy atom. The largest absolute Gasteiger partial charge is 0.308 e. The summed E-state index contributed by atoms with van der Waals surface area (Å²) in [6.45, 7) is 2.07. The van der Waals surface area contributed by atoms with E-state index in [-0.39, 0.29) is 23.0 Å². The molecule has 28 heavy (non-hydrogen) atoms. The van der Waals surface area contributed by atoms with Gasteiger partial charge in [0.15, 0.2) is 0 Å². The number of halogens is 1. The van der Waals surface area contributed by atoms with Crippen molar-refractivity contribution in [2.75, 3.05) is 4.90 Å². The van der Waals surface area contributed by atoms with E-state index in [1.54, 1.807) is 23.9 Å². The minimum absolute atomic E-state index is 0.0418. The summed E-state index contributed by atoms with van der Waals surface area (Å²) in [6.07, 6.45) is 1.62. The van der Waals surface area contributed by atoms with E-state index in [4.69, 9.17) is 0 Å². The first-order chi connectivity index (χ1) is 13.6. The van der Waals surface area contributed by atoms with Crippen molar-refractivity contribution in [3.05, 3.63) is 95.8 Å². The van der Waals surface area contributed by atoms with Gasteiger partial charge in [0.2, 0.25) is 5.91 Å². The quantitative estimate of drug-likeness (QED) is 0.506.